The molecule has 4 rings (SSSR count). The average molecular weight is 392 g/mol. The maximum Gasteiger partial charge on any atom is 0.294 e. The maximum atomic E-state index is 12.4. The molecule has 0 saturated heterocycles. The molecule has 0 atom stereocenters. The van der Waals surface area contributed by atoms with Crippen molar-refractivity contribution < 1.29 is 19.1 Å². The first kappa shape index (κ1) is 18.2. The number of benzene rings is 2. The summed E-state index contributed by atoms with van der Waals surface area (Å²) in [6, 6.07) is 15.0. The SMILES string of the molecule is Cc1cc(=O)c(C(=O)NNC(=O)c2ccc3c(c2)OCO3)nn1-c1ccccc1. The molecule has 0 bridgehead atoms. The molecular weight excluding hydrogens is 376 g/mol. The highest BCUT2D eigenvalue weighted by molar-refractivity contribution is 5.98. The van der Waals surface area contributed by atoms with Crippen LogP contribution in [0.15, 0.2) is 59.4 Å². The van der Waals surface area contributed by atoms with E-state index in [4.69, 9.17) is 9.47 Å². The minimum atomic E-state index is -0.825. The monoisotopic (exact) mass is 392 g/mol. The molecule has 9 nitrogen and oxygen atoms in total. The van der Waals surface area contributed by atoms with Crippen LogP contribution in [-0.2, 0) is 0 Å². The van der Waals surface area contributed by atoms with Crippen molar-refractivity contribution in [1.82, 2.24) is 20.6 Å². The van der Waals surface area contributed by atoms with Crippen molar-refractivity contribution in [3.05, 3.63) is 81.8 Å². The van der Waals surface area contributed by atoms with Gasteiger partial charge in [-0.2, -0.15) is 5.10 Å². The van der Waals surface area contributed by atoms with Crippen LogP contribution in [0.1, 0.15) is 26.5 Å². The summed E-state index contributed by atoms with van der Waals surface area (Å²) in [6.45, 7) is 1.80. The number of hydrazine groups is 1. The number of nitrogens with zero attached hydrogens (tertiary/aromatic N) is 2. The molecule has 9 heteroatoms. The second kappa shape index (κ2) is 7.47. The summed E-state index contributed by atoms with van der Waals surface area (Å²) in [5.41, 5.74) is 5.12. The predicted molar refractivity (Wildman–Crippen MR) is 102 cm³/mol. The fourth-order valence-corrected chi connectivity index (χ4v) is 2.82. The number of para-hydroxylation sites is 1. The Kier molecular flexibility index (Phi) is 4.70. The van der Waals surface area contributed by atoms with Crippen LogP contribution in [0.3, 0.4) is 0 Å². The lowest BCUT2D eigenvalue weighted by molar-refractivity contribution is 0.0842. The van der Waals surface area contributed by atoms with E-state index in [-0.39, 0.29) is 18.1 Å². The van der Waals surface area contributed by atoms with Crippen LogP contribution in [0.25, 0.3) is 5.69 Å². The first-order chi connectivity index (χ1) is 14.0. The highest BCUT2D eigenvalue weighted by atomic mass is 16.7. The van der Waals surface area contributed by atoms with Gasteiger partial charge in [-0.3, -0.25) is 25.2 Å². The van der Waals surface area contributed by atoms with Crippen molar-refractivity contribution in [1.29, 1.82) is 0 Å². The molecular formula is C20H16N4O5. The number of carbonyl (C=O) groups excluding carboxylic acids is 2. The van der Waals surface area contributed by atoms with E-state index in [0.717, 1.165) is 0 Å². The minimum Gasteiger partial charge on any atom is -0.454 e. The third-order valence-electron chi connectivity index (χ3n) is 4.25. The molecule has 0 unspecified atom stereocenters. The van der Waals surface area contributed by atoms with E-state index in [1.807, 2.05) is 18.2 Å². The van der Waals surface area contributed by atoms with Gasteiger partial charge in [0.1, 0.15) is 0 Å². The Labute approximate surface area is 164 Å². The van der Waals surface area contributed by atoms with Gasteiger partial charge in [0, 0.05) is 17.3 Å². The second-order valence-corrected chi connectivity index (χ2v) is 6.22. The largest absolute Gasteiger partial charge is 0.454 e. The molecule has 1 aromatic heterocycles. The Balaban J connectivity index is 1.51. The molecule has 2 N–H and O–H groups in total. The van der Waals surface area contributed by atoms with E-state index in [0.29, 0.717) is 22.9 Å². The minimum absolute atomic E-state index is 0.0872. The van der Waals surface area contributed by atoms with Gasteiger partial charge in [-0.15, -0.1) is 0 Å². The van der Waals surface area contributed by atoms with Gasteiger partial charge in [-0.1, -0.05) is 18.2 Å². The van der Waals surface area contributed by atoms with Crippen molar-refractivity contribution in [2.24, 2.45) is 0 Å². The van der Waals surface area contributed by atoms with Crippen molar-refractivity contribution in [2.45, 2.75) is 6.92 Å². The molecule has 0 radical (unpaired) electrons. The van der Waals surface area contributed by atoms with Crippen LogP contribution in [0.5, 0.6) is 11.5 Å². The van der Waals surface area contributed by atoms with E-state index in [9.17, 15) is 14.4 Å². The molecule has 2 amide bonds. The number of nitrogens with one attached hydrogen (secondary N) is 2. The lowest BCUT2D eigenvalue weighted by Gasteiger charge is -2.11. The molecule has 0 spiro atoms. The third kappa shape index (κ3) is 3.65. The van der Waals surface area contributed by atoms with Gasteiger partial charge < -0.3 is 9.47 Å². The lowest BCUT2D eigenvalue weighted by Crippen LogP contribution is -2.44. The van der Waals surface area contributed by atoms with Gasteiger partial charge >= 0.3 is 0 Å². The van der Waals surface area contributed by atoms with Gasteiger partial charge in [0.15, 0.2) is 17.2 Å². The Bertz CT molecular complexity index is 1160. The van der Waals surface area contributed by atoms with E-state index < -0.39 is 17.2 Å². The quantitative estimate of drug-likeness (QED) is 0.651. The average Bonchev–Trinajstić information content (AvgIpc) is 3.20. The van der Waals surface area contributed by atoms with Crippen LogP contribution in [0.4, 0.5) is 0 Å². The van der Waals surface area contributed by atoms with Gasteiger partial charge in [-0.25, -0.2) is 4.68 Å². The number of hydrogen-bond acceptors (Lipinski definition) is 6. The Morgan fingerprint density at radius 1 is 0.966 bits per heavy atom. The van der Waals surface area contributed by atoms with Crippen LogP contribution in [-0.4, -0.2) is 28.4 Å². The molecule has 0 fully saturated rings. The lowest BCUT2D eigenvalue weighted by atomic mass is 10.2. The molecule has 146 valence electrons. The van der Waals surface area contributed by atoms with Crippen LogP contribution in [0, 0.1) is 6.92 Å². The van der Waals surface area contributed by atoms with Crippen LogP contribution < -0.4 is 25.8 Å². The third-order valence-corrected chi connectivity index (χ3v) is 4.25. The Morgan fingerprint density at radius 3 is 2.48 bits per heavy atom. The Hall–Kier alpha value is -4.14. The standard InChI is InChI=1S/C20H16N4O5/c1-12-9-15(25)18(23-24(12)14-5-3-2-4-6-14)20(27)22-21-19(26)13-7-8-16-17(10-13)29-11-28-16/h2-10H,11H2,1H3,(H,21,26)(H,22,27). The summed E-state index contributed by atoms with van der Waals surface area (Å²) in [7, 11) is 0. The molecule has 2 heterocycles. The van der Waals surface area contributed by atoms with E-state index in [2.05, 4.69) is 16.0 Å². The Morgan fingerprint density at radius 2 is 1.69 bits per heavy atom. The van der Waals surface area contributed by atoms with Crippen molar-refractivity contribution in [3.8, 4) is 17.2 Å². The molecule has 2 aromatic carbocycles. The summed E-state index contributed by atoms with van der Waals surface area (Å²) in [6.07, 6.45) is 0. The van der Waals surface area contributed by atoms with Crippen molar-refractivity contribution in [2.75, 3.05) is 6.79 Å². The smallest absolute Gasteiger partial charge is 0.294 e. The summed E-state index contributed by atoms with van der Waals surface area (Å²) < 4.78 is 11.9. The maximum absolute atomic E-state index is 12.4. The molecule has 29 heavy (non-hydrogen) atoms. The van der Waals surface area contributed by atoms with Crippen molar-refractivity contribution in [3.63, 3.8) is 0 Å². The first-order valence-electron chi connectivity index (χ1n) is 8.69. The summed E-state index contributed by atoms with van der Waals surface area (Å²) in [5, 5.41) is 4.14. The van der Waals surface area contributed by atoms with Gasteiger partial charge in [-0.05, 0) is 37.3 Å². The second-order valence-electron chi connectivity index (χ2n) is 6.22. The van der Waals surface area contributed by atoms with Crippen molar-refractivity contribution >= 4 is 11.8 Å². The molecule has 0 saturated carbocycles. The van der Waals surface area contributed by atoms with Crippen LogP contribution >= 0.6 is 0 Å². The predicted octanol–water partition coefficient (Wildman–Crippen LogP) is 1.34. The number of rotatable bonds is 3. The topological polar surface area (TPSA) is 112 Å². The highest BCUT2D eigenvalue weighted by Gasteiger charge is 2.19. The number of aromatic nitrogens is 2. The summed E-state index contributed by atoms with van der Waals surface area (Å²) in [5.74, 6) is -0.424. The van der Waals surface area contributed by atoms with E-state index in [1.165, 1.54) is 22.9 Å². The first-order valence-corrected chi connectivity index (χ1v) is 8.69. The number of aryl methyl sites for hydroxylation is 1. The van der Waals surface area contributed by atoms with Gasteiger partial charge in [0.25, 0.3) is 11.8 Å². The zero-order valence-electron chi connectivity index (χ0n) is 15.3. The highest BCUT2D eigenvalue weighted by Crippen LogP contribution is 2.32. The fourth-order valence-electron chi connectivity index (χ4n) is 2.82. The van der Waals surface area contributed by atoms with Gasteiger partial charge in [0.05, 0.1) is 5.69 Å². The number of carbonyl (C=O) groups is 2. The summed E-state index contributed by atoms with van der Waals surface area (Å²) in [4.78, 5) is 36.9. The number of fused-ring (bicyclic) bond motifs is 1. The summed E-state index contributed by atoms with van der Waals surface area (Å²) >= 11 is 0. The van der Waals surface area contributed by atoms with E-state index >= 15 is 0 Å². The van der Waals surface area contributed by atoms with Crippen LogP contribution in [0.2, 0.25) is 0 Å². The number of amides is 2. The fraction of sp³-hybridized carbons (Fsp3) is 0.100. The van der Waals surface area contributed by atoms with Gasteiger partial charge in [0.2, 0.25) is 12.2 Å². The molecule has 3 aromatic rings. The zero-order chi connectivity index (χ0) is 20.4. The number of hydrogen-bond donors (Lipinski definition) is 2. The molecule has 1 aliphatic heterocycles. The zero-order valence-corrected chi connectivity index (χ0v) is 15.3. The number of ether oxygens (including phenoxy) is 2. The van der Waals surface area contributed by atoms with E-state index in [1.54, 1.807) is 25.1 Å². The normalized spacial score (nSPS) is 11.8. The molecule has 1 aliphatic rings. The molecule has 0 aliphatic carbocycles.